The minimum Gasteiger partial charge on any atom is -0.456 e. The molecule has 1 saturated heterocycles. The summed E-state index contributed by atoms with van der Waals surface area (Å²) < 4.78 is 28.4. The quantitative estimate of drug-likeness (QED) is 0.375. The monoisotopic (exact) mass is 417 g/mol. The Morgan fingerprint density at radius 1 is 1.27 bits per heavy atom. The molecule has 0 aliphatic carbocycles. The summed E-state index contributed by atoms with van der Waals surface area (Å²) in [5.41, 5.74) is 0.183. The first-order valence-corrected chi connectivity index (χ1v) is 12.7. The molecule has 1 aliphatic rings. The van der Waals surface area contributed by atoms with E-state index in [9.17, 15) is 18.0 Å². The number of ether oxygens (including phenoxy) is 1. The lowest BCUT2D eigenvalue weighted by Crippen LogP contribution is -2.21. The van der Waals surface area contributed by atoms with E-state index < -0.39 is 28.3 Å². The molecule has 0 aromatic heterocycles. The third kappa shape index (κ3) is 7.20. The molecule has 6 nitrogen and oxygen atoms in total. The first-order chi connectivity index (χ1) is 12.4. The molecule has 0 spiro atoms. The Kier molecular flexibility index (Phi) is 8.30. The van der Waals surface area contributed by atoms with Crippen LogP contribution in [-0.4, -0.2) is 44.2 Å². The summed E-state index contributed by atoms with van der Waals surface area (Å²) >= 11 is 0. The Balaban J connectivity index is 1.69. The second kappa shape index (κ2) is 10.2. The molecule has 0 saturated carbocycles. The zero-order valence-corrected chi connectivity index (χ0v) is 17.1. The van der Waals surface area contributed by atoms with Crippen LogP contribution in [0.5, 0.6) is 0 Å². The van der Waals surface area contributed by atoms with Crippen molar-refractivity contribution >= 4 is 49.0 Å². The van der Waals surface area contributed by atoms with Crippen LogP contribution in [0.2, 0.25) is 0 Å². The van der Waals surface area contributed by atoms with Crippen molar-refractivity contribution in [2.75, 3.05) is 23.9 Å². The molecular weight excluding hydrogens is 394 g/mol. The van der Waals surface area contributed by atoms with Crippen LogP contribution in [0.1, 0.15) is 32.1 Å². The molecule has 1 atom stereocenters. The number of para-hydroxylation sites is 1. The zero-order chi connectivity index (χ0) is 19.0. The first-order valence-electron chi connectivity index (χ1n) is 8.39. The number of carbonyl (C=O) groups is 2. The van der Waals surface area contributed by atoms with Gasteiger partial charge in [-0.3, -0.25) is 9.59 Å². The van der Waals surface area contributed by atoms with E-state index in [4.69, 9.17) is 4.74 Å². The van der Waals surface area contributed by atoms with Crippen molar-refractivity contribution in [3.05, 3.63) is 24.3 Å². The average molecular weight is 418 g/mol. The normalized spacial score (nSPS) is 17.0. The molecule has 1 aliphatic heterocycles. The highest BCUT2D eigenvalue weighted by Crippen LogP contribution is 2.39. The fourth-order valence-corrected chi connectivity index (χ4v) is 6.38. The fourth-order valence-electron chi connectivity index (χ4n) is 2.50. The molecule has 1 amide bonds. The third-order valence-electron chi connectivity index (χ3n) is 3.81. The molecule has 0 radical (unpaired) electrons. The maximum Gasteiger partial charge on any atom is 0.306 e. The molecule has 1 aromatic rings. The van der Waals surface area contributed by atoms with E-state index in [0.717, 1.165) is 25.5 Å². The summed E-state index contributed by atoms with van der Waals surface area (Å²) in [5.74, 6) is 0.230. The van der Waals surface area contributed by atoms with Gasteiger partial charge in [0, 0.05) is 23.7 Å². The summed E-state index contributed by atoms with van der Waals surface area (Å²) in [6.45, 7) is -0.425. The second-order valence-electron chi connectivity index (χ2n) is 6.05. The maximum absolute atomic E-state index is 11.9. The van der Waals surface area contributed by atoms with Crippen molar-refractivity contribution in [1.82, 2.24) is 0 Å². The topological polar surface area (TPSA) is 89.5 Å². The largest absolute Gasteiger partial charge is 0.456 e. The van der Waals surface area contributed by atoms with Crippen molar-refractivity contribution < 1.29 is 22.7 Å². The van der Waals surface area contributed by atoms with Crippen LogP contribution in [0.25, 0.3) is 0 Å². The van der Waals surface area contributed by atoms with Crippen molar-refractivity contribution in [2.45, 2.75) is 42.2 Å². The Morgan fingerprint density at radius 2 is 2.04 bits per heavy atom. The van der Waals surface area contributed by atoms with Gasteiger partial charge < -0.3 is 10.1 Å². The number of benzene rings is 1. The molecule has 1 heterocycles. The van der Waals surface area contributed by atoms with Crippen LogP contribution in [0, 0.1) is 0 Å². The number of hydrogen-bond donors (Lipinski definition) is 1. The van der Waals surface area contributed by atoms with Crippen molar-refractivity contribution in [2.24, 2.45) is 0 Å². The molecular formula is C17H23NO5S3. The summed E-state index contributed by atoms with van der Waals surface area (Å²) in [7, 11) is 0.369. The van der Waals surface area contributed by atoms with Gasteiger partial charge >= 0.3 is 5.97 Å². The predicted molar refractivity (Wildman–Crippen MR) is 106 cm³/mol. The molecule has 26 heavy (non-hydrogen) atoms. The number of anilines is 1. The predicted octanol–water partition coefficient (Wildman–Crippen LogP) is 3.29. The van der Waals surface area contributed by atoms with Gasteiger partial charge in [-0.05, 0) is 31.4 Å². The van der Waals surface area contributed by atoms with E-state index in [1.54, 1.807) is 12.1 Å². The number of sulfone groups is 1. The second-order valence-corrected chi connectivity index (χ2v) is 10.8. The van der Waals surface area contributed by atoms with E-state index >= 15 is 0 Å². The average Bonchev–Trinajstić information content (AvgIpc) is 3.10. The van der Waals surface area contributed by atoms with Gasteiger partial charge in [0.25, 0.3) is 5.91 Å². The number of unbranched alkanes of at least 4 members (excludes halogenated alkanes) is 1. The van der Waals surface area contributed by atoms with Crippen LogP contribution >= 0.6 is 21.6 Å². The van der Waals surface area contributed by atoms with E-state index in [-0.39, 0.29) is 17.0 Å². The fraction of sp³-hybridized carbons (Fsp3) is 0.529. The van der Waals surface area contributed by atoms with E-state index in [1.165, 1.54) is 24.3 Å². The van der Waals surface area contributed by atoms with Gasteiger partial charge in [0.1, 0.15) is 0 Å². The Labute approximate surface area is 162 Å². The molecule has 2 rings (SSSR count). The smallest absolute Gasteiger partial charge is 0.306 e. The van der Waals surface area contributed by atoms with Gasteiger partial charge in [-0.15, -0.1) is 0 Å². The summed E-state index contributed by atoms with van der Waals surface area (Å²) in [4.78, 5) is 23.7. The van der Waals surface area contributed by atoms with Crippen molar-refractivity contribution in [3.63, 3.8) is 0 Å². The Morgan fingerprint density at radius 3 is 2.73 bits per heavy atom. The van der Waals surface area contributed by atoms with Crippen LogP contribution in [-0.2, 0) is 24.2 Å². The van der Waals surface area contributed by atoms with Gasteiger partial charge in [-0.25, -0.2) is 8.42 Å². The van der Waals surface area contributed by atoms with E-state index in [1.807, 2.05) is 21.6 Å². The Bertz CT molecular complexity index is 730. The Hall–Kier alpha value is -1.19. The van der Waals surface area contributed by atoms with Crippen molar-refractivity contribution in [1.29, 1.82) is 0 Å². The molecule has 1 aromatic carbocycles. The molecule has 0 unspecified atom stereocenters. The first kappa shape index (κ1) is 21.1. The summed E-state index contributed by atoms with van der Waals surface area (Å²) in [6.07, 6.45) is 5.42. The van der Waals surface area contributed by atoms with Crippen LogP contribution in [0.3, 0.4) is 0 Å². The molecule has 1 fully saturated rings. The molecule has 1 N–H and O–H groups in total. The third-order valence-corrected chi connectivity index (χ3v) is 7.97. The maximum atomic E-state index is 11.9. The minimum atomic E-state index is -3.46. The van der Waals surface area contributed by atoms with Gasteiger partial charge in [0.2, 0.25) is 0 Å². The summed E-state index contributed by atoms with van der Waals surface area (Å²) in [5, 5.41) is 3.17. The number of carbonyl (C=O) groups excluding carboxylic acids is 2. The number of nitrogens with one attached hydrogen (secondary N) is 1. The minimum absolute atomic E-state index is 0.0302. The number of esters is 1. The lowest BCUT2D eigenvalue weighted by molar-refractivity contribution is -0.147. The highest BCUT2D eigenvalue weighted by atomic mass is 33.1. The van der Waals surface area contributed by atoms with Crippen LogP contribution in [0.4, 0.5) is 5.69 Å². The van der Waals surface area contributed by atoms with Gasteiger partial charge in [0.15, 0.2) is 16.4 Å². The number of amides is 1. The van der Waals surface area contributed by atoms with E-state index in [0.29, 0.717) is 5.25 Å². The summed E-state index contributed by atoms with van der Waals surface area (Å²) in [6, 6.07) is 6.11. The number of rotatable bonds is 9. The van der Waals surface area contributed by atoms with Crippen LogP contribution in [0.15, 0.2) is 29.2 Å². The lowest BCUT2D eigenvalue weighted by atomic mass is 10.1. The molecule has 0 bridgehead atoms. The van der Waals surface area contributed by atoms with Crippen molar-refractivity contribution in [3.8, 4) is 0 Å². The van der Waals surface area contributed by atoms with Gasteiger partial charge in [-0.2, -0.15) is 0 Å². The highest BCUT2D eigenvalue weighted by Gasteiger charge is 2.17. The zero-order valence-electron chi connectivity index (χ0n) is 14.6. The number of hydrogen-bond acceptors (Lipinski definition) is 7. The molecule has 9 heteroatoms. The van der Waals surface area contributed by atoms with Gasteiger partial charge in [-0.1, -0.05) is 40.1 Å². The SMILES string of the molecule is CS(=O)(=O)c1ccccc1NC(=O)COC(=O)CCCC[C@H]1CCSS1. The van der Waals surface area contributed by atoms with E-state index in [2.05, 4.69) is 5.32 Å². The highest BCUT2D eigenvalue weighted by molar-refractivity contribution is 8.77. The molecule has 144 valence electrons. The van der Waals surface area contributed by atoms with Gasteiger partial charge in [0.05, 0.1) is 10.6 Å². The lowest BCUT2D eigenvalue weighted by Gasteiger charge is -2.10. The van der Waals surface area contributed by atoms with Crippen LogP contribution < -0.4 is 5.32 Å². The standard InChI is InChI=1S/C17H23NO5S3/c1-26(21,22)15-8-4-3-7-14(15)18-16(19)12-23-17(20)9-5-2-6-13-10-11-24-25-13/h3-4,7-8,13H,2,5-6,9-12H2,1H3,(H,18,19)/t13-/m0/s1.